The van der Waals surface area contributed by atoms with E-state index in [0.717, 1.165) is 6.42 Å². The first kappa shape index (κ1) is 13.5. The molecule has 0 saturated heterocycles. The average molecular weight is 221 g/mol. The van der Waals surface area contributed by atoms with Crippen molar-refractivity contribution in [2.45, 2.75) is 64.9 Å². The summed E-state index contributed by atoms with van der Waals surface area (Å²) in [4.78, 5) is 0. The molecule has 78 valence electrons. The molecule has 0 aromatic heterocycles. The molecular formula is C10H21ClOSi. The van der Waals surface area contributed by atoms with Crippen molar-refractivity contribution in [3.63, 3.8) is 0 Å². The maximum absolute atomic E-state index is 5.55. The summed E-state index contributed by atoms with van der Waals surface area (Å²) in [6.07, 6.45) is 7.73. The van der Waals surface area contributed by atoms with Crippen LogP contribution in [0, 0.1) is 0 Å². The van der Waals surface area contributed by atoms with Crippen LogP contribution in [0.5, 0.6) is 0 Å². The molecule has 0 aromatic carbocycles. The van der Waals surface area contributed by atoms with Gasteiger partial charge in [0.05, 0.1) is 5.60 Å². The monoisotopic (exact) mass is 220 g/mol. The zero-order chi connectivity index (χ0) is 10.2. The van der Waals surface area contributed by atoms with Crippen molar-refractivity contribution in [2.24, 2.45) is 0 Å². The van der Waals surface area contributed by atoms with Crippen LogP contribution >= 0.6 is 11.1 Å². The van der Waals surface area contributed by atoms with Crippen LogP contribution < -0.4 is 0 Å². The molecule has 0 aliphatic heterocycles. The number of rotatable bonds is 8. The van der Waals surface area contributed by atoms with E-state index in [4.69, 9.17) is 15.5 Å². The normalized spacial score (nSPS) is 12.0. The van der Waals surface area contributed by atoms with Gasteiger partial charge in [-0.05, 0) is 20.3 Å². The first-order valence-corrected chi connectivity index (χ1v) is 7.08. The molecule has 0 spiro atoms. The van der Waals surface area contributed by atoms with E-state index in [1.807, 2.05) is 0 Å². The van der Waals surface area contributed by atoms with Crippen molar-refractivity contribution in [3.8, 4) is 0 Å². The number of hydrogen-bond donors (Lipinski definition) is 0. The third-order valence-electron chi connectivity index (χ3n) is 2.20. The molecular weight excluding hydrogens is 200 g/mol. The van der Waals surface area contributed by atoms with E-state index in [0.29, 0.717) is 0 Å². The molecule has 0 atom stereocenters. The second-order valence-corrected chi connectivity index (χ2v) is 4.92. The Labute approximate surface area is 89.8 Å². The summed E-state index contributed by atoms with van der Waals surface area (Å²) < 4.78 is 5.43. The van der Waals surface area contributed by atoms with Crippen molar-refractivity contribution in [3.05, 3.63) is 0 Å². The van der Waals surface area contributed by atoms with Gasteiger partial charge in [-0.3, -0.25) is 0 Å². The Morgan fingerprint density at radius 3 is 2.31 bits per heavy atom. The van der Waals surface area contributed by atoms with Crippen LogP contribution in [0.4, 0.5) is 0 Å². The van der Waals surface area contributed by atoms with Crippen LogP contribution in [0.1, 0.15) is 59.3 Å². The Balaban J connectivity index is 3.29. The lowest BCUT2D eigenvalue weighted by Crippen LogP contribution is -2.24. The summed E-state index contributed by atoms with van der Waals surface area (Å²) in [6, 6.07) is 0. The molecule has 13 heavy (non-hydrogen) atoms. The molecule has 0 heterocycles. The molecule has 0 N–H and O–H groups in total. The summed E-state index contributed by atoms with van der Waals surface area (Å²) >= 11 is 5.55. The highest BCUT2D eigenvalue weighted by Gasteiger charge is 2.16. The fraction of sp³-hybridized carbons (Fsp3) is 1.00. The van der Waals surface area contributed by atoms with Gasteiger partial charge < -0.3 is 4.43 Å². The topological polar surface area (TPSA) is 9.23 Å². The number of unbranched alkanes of at least 4 members (excludes halogenated alkanes) is 4. The second kappa shape index (κ2) is 7.83. The minimum atomic E-state index is -0.0214. The largest absolute Gasteiger partial charge is 0.397 e. The van der Waals surface area contributed by atoms with Gasteiger partial charge in [0.15, 0.2) is 0 Å². The lowest BCUT2D eigenvalue weighted by atomic mass is 10.0. The van der Waals surface area contributed by atoms with E-state index in [1.54, 1.807) is 0 Å². The molecule has 0 unspecified atom stereocenters. The minimum absolute atomic E-state index is 0.0214. The lowest BCUT2D eigenvalue weighted by Gasteiger charge is -2.23. The zero-order valence-electron chi connectivity index (χ0n) is 9.03. The quantitative estimate of drug-likeness (QED) is 0.342. The van der Waals surface area contributed by atoms with Gasteiger partial charge in [0.2, 0.25) is 0 Å². The Hall–Kier alpha value is 0.467. The molecule has 0 fully saturated rings. The number of hydrogen-bond acceptors (Lipinski definition) is 1. The molecule has 0 amide bonds. The van der Waals surface area contributed by atoms with E-state index < -0.39 is 0 Å². The minimum Gasteiger partial charge on any atom is -0.397 e. The maximum atomic E-state index is 5.55. The van der Waals surface area contributed by atoms with Crippen LogP contribution in [0.3, 0.4) is 0 Å². The van der Waals surface area contributed by atoms with Crippen LogP contribution in [-0.2, 0) is 4.43 Å². The van der Waals surface area contributed by atoms with Gasteiger partial charge in [0.25, 0.3) is 0 Å². The highest BCUT2D eigenvalue weighted by atomic mass is 35.6. The zero-order valence-corrected chi connectivity index (χ0v) is 10.8. The standard InChI is InChI=1S/C10H21ClOSi/c1-4-5-6-7-8-9-10(2,3)12-13-11/h4-9H2,1-3H3. The average Bonchev–Trinajstić information content (AvgIpc) is 2.04. The van der Waals surface area contributed by atoms with E-state index in [9.17, 15) is 0 Å². The Morgan fingerprint density at radius 1 is 1.15 bits per heavy atom. The Kier molecular flexibility index (Phi) is 8.11. The summed E-state index contributed by atoms with van der Waals surface area (Å²) in [5, 5.41) is 0. The molecule has 0 rings (SSSR count). The molecule has 0 aromatic rings. The smallest absolute Gasteiger partial charge is 0.357 e. The van der Waals surface area contributed by atoms with E-state index >= 15 is 0 Å². The molecule has 1 nitrogen and oxygen atoms in total. The lowest BCUT2D eigenvalue weighted by molar-refractivity contribution is 0.106. The van der Waals surface area contributed by atoms with Crippen molar-refractivity contribution in [1.82, 2.24) is 0 Å². The Morgan fingerprint density at radius 2 is 1.77 bits per heavy atom. The van der Waals surface area contributed by atoms with Crippen molar-refractivity contribution in [1.29, 1.82) is 0 Å². The van der Waals surface area contributed by atoms with Crippen molar-refractivity contribution < 1.29 is 4.43 Å². The van der Waals surface area contributed by atoms with Gasteiger partial charge in [0.1, 0.15) is 0 Å². The van der Waals surface area contributed by atoms with Crippen LogP contribution in [0.15, 0.2) is 0 Å². The van der Waals surface area contributed by atoms with Gasteiger partial charge >= 0.3 is 9.07 Å². The molecule has 0 saturated carbocycles. The second-order valence-electron chi connectivity index (χ2n) is 4.10. The predicted molar refractivity (Wildman–Crippen MR) is 60.1 cm³/mol. The SMILES string of the molecule is CCCCCCCC(C)(C)O[Si]Cl. The van der Waals surface area contributed by atoms with E-state index in [2.05, 4.69) is 20.8 Å². The fourth-order valence-corrected chi connectivity index (χ4v) is 2.25. The van der Waals surface area contributed by atoms with Crippen LogP contribution in [0.2, 0.25) is 0 Å². The third kappa shape index (κ3) is 8.79. The predicted octanol–water partition coefficient (Wildman–Crippen LogP) is 3.92. The molecule has 0 aliphatic rings. The number of halogens is 1. The van der Waals surface area contributed by atoms with Gasteiger partial charge in [-0.15, -0.1) is 11.1 Å². The van der Waals surface area contributed by atoms with Crippen LogP contribution in [-0.4, -0.2) is 14.7 Å². The van der Waals surface area contributed by atoms with Crippen molar-refractivity contribution in [2.75, 3.05) is 0 Å². The molecule has 0 bridgehead atoms. The summed E-state index contributed by atoms with van der Waals surface area (Å²) in [5.41, 5.74) is -0.0214. The van der Waals surface area contributed by atoms with Gasteiger partial charge in [-0.2, -0.15) is 0 Å². The maximum Gasteiger partial charge on any atom is 0.357 e. The molecule has 3 heteroatoms. The summed E-state index contributed by atoms with van der Waals surface area (Å²) in [5.74, 6) is 0. The molecule has 0 aliphatic carbocycles. The highest BCUT2D eigenvalue weighted by molar-refractivity contribution is 6.90. The Bertz CT molecular complexity index is 117. The van der Waals surface area contributed by atoms with Crippen molar-refractivity contribution >= 4 is 20.2 Å². The molecule has 2 radical (unpaired) electrons. The third-order valence-corrected chi connectivity index (χ3v) is 3.06. The van der Waals surface area contributed by atoms with E-state index in [-0.39, 0.29) is 14.7 Å². The summed E-state index contributed by atoms with van der Waals surface area (Å²) in [7, 11) is 0.0936. The first-order valence-electron chi connectivity index (χ1n) is 5.16. The van der Waals surface area contributed by atoms with E-state index in [1.165, 1.54) is 32.1 Å². The summed E-state index contributed by atoms with van der Waals surface area (Å²) in [6.45, 7) is 6.46. The van der Waals surface area contributed by atoms with Gasteiger partial charge in [-0.1, -0.05) is 39.0 Å². The first-order chi connectivity index (χ1) is 6.12. The highest BCUT2D eigenvalue weighted by Crippen LogP contribution is 2.18. The van der Waals surface area contributed by atoms with Crippen LogP contribution in [0.25, 0.3) is 0 Å². The van der Waals surface area contributed by atoms with Gasteiger partial charge in [-0.25, -0.2) is 0 Å². The van der Waals surface area contributed by atoms with Gasteiger partial charge in [0, 0.05) is 0 Å². The fourth-order valence-electron chi connectivity index (χ4n) is 1.31.